The van der Waals surface area contributed by atoms with Gasteiger partial charge < -0.3 is 70.2 Å². The van der Waals surface area contributed by atoms with E-state index in [0.717, 1.165) is 22.9 Å². The summed E-state index contributed by atoms with van der Waals surface area (Å²) in [5, 5.41) is 22.7. The summed E-state index contributed by atoms with van der Waals surface area (Å²) in [5.74, 6) is -2.01. The van der Waals surface area contributed by atoms with Crippen LogP contribution in [0.4, 0.5) is 20.1 Å². The highest BCUT2D eigenvalue weighted by Gasteiger charge is 2.45. The number of ether oxygens (including phenoxy) is 5. The van der Waals surface area contributed by atoms with E-state index in [-0.39, 0.29) is 93.8 Å². The van der Waals surface area contributed by atoms with Gasteiger partial charge >= 0.3 is 24.2 Å². The third-order valence-electron chi connectivity index (χ3n) is 13.6. The number of benzene rings is 2. The minimum Gasteiger partial charge on any atom is -0.458 e. The van der Waals surface area contributed by atoms with Gasteiger partial charge in [-0.05, 0) is 91.5 Å². The van der Waals surface area contributed by atoms with Crippen molar-refractivity contribution in [3.05, 3.63) is 86.7 Å². The van der Waals surface area contributed by atoms with Crippen LogP contribution in [0.2, 0.25) is 0 Å². The van der Waals surface area contributed by atoms with Crippen molar-refractivity contribution < 1.29 is 62.4 Å². The molecule has 422 valence electrons. The fraction of sp³-hybridized carbons (Fsp3) is 0.509. The Morgan fingerprint density at radius 1 is 0.872 bits per heavy atom. The van der Waals surface area contributed by atoms with Crippen molar-refractivity contribution >= 4 is 58.5 Å². The van der Waals surface area contributed by atoms with Crippen LogP contribution in [0.25, 0.3) is 22.3 Å². The van der Waals surface area contributed by atoms with Crippen molar-refractivity contribution in [1.82, 2.24) is 35.3 Å². The van der Waals surface area contributed by atoms with Gasteiger partial charge in [-0.15, -0.1) is 0 Å². The van der Waals surface area contributed by atoms with Gasteiger partial charge in [-0.3, -0.25) is 19.2 Å². The summed E-state index contributed by atoms with van der Waals surface area (Å²) in [6.07, 6.45) is 0.594. The lowest BCUT2D eigenvalue weighted by Crippen LogP contribution is -2.55. The summed E-state index contributed by atoms with van der Waals surface area (Å²) < 4.78 is 29.0. The zero-order valence-electron chi connectivity index (χ0n) is 45.7. The predicted molar refractivity (Wildman–Crippen MR) is 287 cm³/mol. The standard InChI is InChI=1S/C55H73N9O14/c1-9-37-38-26-36(17-18-42(38)59-47-39(37)28-64-44(47)27-41-40(50(64)68)30-76-51(69)55(41,73)10-2)78-54(72)63(8)22-21-62(7)53(71)77-29-34-13-15-35(16-14-34)58-48(66)43(12-11-20-57-52(56)70)60-49(67)46(33(5)6)61-45(65)31-75-25-24-74-23-19-32(3)4/h13-18,26-27,32-33,43,46,73H,9-12,19-25,28-31H2,1-8H3,(H,58,66)(H,60,67)(H,61,65)(H3,56,57,70)/t43-,46-,55-/m0/s1. The van der Waals surface area contributed by atoms with Crippen LogP contribution in [0.15, 0.2) is 53.3 Å². The van der Waals surface area contributed by atoms with Crippen LogP contribution in [0, 0.1) is 11.8 Å². The van der Waals surface area contributed by atoms with E-state index in [2.05, 4.69) is 35.1 Å². The molecular formula is C55H73N9O14. The van der Waals surface area contributed by atoms with Crippen molar-refractivity contribution in [1.29, 1.82) is 0 Å². The number of aliphatic hydroxyl groups is 1. The molecule has 0 radical (unpaired) electrons. The van der Waals surface area contributed by atoms with Gasteiger partial charge in [0.1, 0.15) is 37.7 Å². The molecule has 0 saturated carbocycles. The average molecular weight is 1080 g/mol. The second-order valence-electron chi connectivity index (χ2n) is 20.1. The summed E-state index contributed by atoms with van der Waals surface area (Å²) >= 11 is 0. The number of nitrogens with one attached hydrogen (secondary N) is 4. The summed E-state index contributed by atoms with van der Waals surface area (Å²) in [5.41, 5.74) is 7.72. The first-order chi connectivity index (χ1) is 37.1. The van der Waals surface area contributed by atoms with Gasteiger partial charge in [0, 0.05) is 62.5 Å². The van der Waals surface area contributed by atoms with E-state index in [1.165, 1.54) is 23.9 Å². The molecule has 4 aromatic rings. The average Bonchev–Trinajstić information content (AvgIpc) is 4.04. The van der Waals surface area contributed by atoms with Gasteiger partial charge in [0.15, 0.2) is 5.60 Å². The summed E-state index contributed by atoms with van der Waals surface area (Å²) in [4.78, 5) is 111. The lowest BCUT2D eigenvalue weighted by molar-refractivity contribution is -0.172. The molecule has 4 heterocycles. The number of aryl methyl sites for hydroxylation is 1. The Morgan fingerprint density at radius 2 is 1.58 bits per heavy atom. The van der Waals surface area contributed by atoms with Gasteiger partial charge in [0.25, 0.3) is 5.56 Å². The molecule has 2 aromatic carbocycles. The van der Waals surface area contributed by atoms with Crippen LogP contribution in [0.3, 0.4) is 0 Å². The molecular weight excluding hydrogens is 1010 g/mol. The first-order valence-corrected chi connectivity index (χ1v) is 26.3. The Morgan fingerprint density at radius 3 is 2.24 bits per heavy atom. The van der Waals surface area contributed by atoms with Crippen molar-refractivity contribution in [3.8, 4) is 17.1 Å². The number of hydrogen-bond donors (Lipinski definition) is 6. The van der Waals surface area contributed by atoms with Crippen LogP contribution in [0.5, 0.6) is 5.75 Å². The Balaban J connectivity index is 0.981. The topological polar surface area (TPSA) is 301 Å². The quantitative estimate of drug-likeness (QED) is 0.0330. The van der Waals surface area contributed by atoms with Crippen molar-refractivity contribution in [2.45, 2.75) is 111 Å². The number of amides is 7. The summed E-state index contributed by atoms with van der Waals surface area (Å²) in [6, 6.07) is 10.5. The van der Waals surface area contributed by atoms with Gasteiger partial charge in [0.05, 0.1) is 42.2 Å². The molecule has 0 unspecified atom stereocenters. The Hall–Kier alpha value is -7.63. The third-order valence-corrected chi connectivity index (χ3v) is 13.6. The Labute approximate surface area is 452 Å². The number of urea groups is 1. The minimum atomic E-state index is -1.95. The van der Waals surface area contributed by atoms with E-state index in [9.17, 15) is 43.5 Å². The van der Waals surface area contributed by atoms with E-state index < -0.39 is 59.6 Å². The van der Waals surface area contributed by atoms with E-state index in [1.807, 2.05) is 6.92 Å². The molecule has 0 saturated heterocycles. The number of likely N-dealkylation sites (N-methyl/N-ethyl adjacent to an activating group) is 2. The number of nitrogens with zero attached hydrogens (tertiary/aromatic N) is 4. The second kappa shape index (κ2) is 27.1. The van der Waals surface area contributed by atoms with Crippen molar-refractivity contribution in [2.75, 3.05) is 65.5 Å². The lowest BCUT2D eigenvalue weighted by Gasteiger charge is -2.31. The van der Waals surface area contributed by atoms with Crippen LogP contribution < -0.4 is 37.3 Å². The van der Waals surface area contributed by atoms with Gasteiger partial charge in [0.2, 0.25) is 17.7 Å². The lowest BCUT2D eigenvalue weighted by atomic mass is 9.86. The summed E-state index contributed by atoms with van der Waals surface area (Å²) in [7, 11) is 3.06. The van der Waals surface area contributed by atoms with Crippen molar-refractivity contribution in [2.24, 2.45) is 17.6 Å². The maximum atomic E-state index is 13.7. The van der Waals surface area contributed by atoms with Crippen molar-refractivity contribution in [3.63, 3.8) is 0 Å². The molecule has 0 bridgehead atoms. The number of fused-ring (bicyclic) bond motifs is 5. The fourth-order valence-electron chi connectivity index (χ4n) is 8.94. The zero-order valence-corrected chi connectivity index (χ0v) is 45.7. The van der Waals surface area contributed by atoms with E-state index in [4.69, 9.17) is 34.4 Å². The SMILES string of the molecule is CCc1c2c(nc3ccc(OC(=O)N(C)CCN(C)C(=O)OCc4ccc(NC(=O)[C@H](CCCNC(N)=O)NC(=O)[C@@H](NC(=O)COCCOCCC(C)C)C(C)C)cc4)cc13)-c1cc3c(c(=O)n1C2)COC(=O)[C@]3(O)CC. The van der Waals surface area contributed by atoms with E-state index in [0.29, 0.717) is 60.1 Å². The summed E-state index contributed by atoms with van der Waals surface area (Å²) in [6.45, 7) is 12.4. The van der Waals surface area contributed by atoms with E-state index in [1.54, 1.807) is 73.9 Å². The number of rotatable bonds is 26. The molecule has 2 aliphatic rings. The first-order valence-electron chi connectivity index (χ1n) is 26.3. The third kappa shape index (κ3) is 14.9. The fourth-order valence-corrected chi connectivity index (χ4v) is 8.94. The first kappa shape index (κ1) is 59.6. The normalized spacial score (nSPS) is 15.1. The highest BCUT2D eigenvalue weighted by Crippen LogP contribution is 2.41. The number of pyridine rings is 2. The molecule has 2 aliphatic heterocycles. The highest BCUT2D eigenvalue weighted by atomic mass is 16.6. The van der Waals surface area contributed by atoms with Crippen LogP contribution in [-0.2, 0) is 69.9 Å². The number of esters is 1. The number of primary amides is 1. The van der Waals surface area contributed by atoms with Crippen LogP contribution in [0.1, 0.15) is 95.0 Å². The molecule has 0 fully saturated rings. The zero-order chi connectivity index (χ0) is 56.8. The number of carbonyl (C=O) groups is 7. The molecule has 6 rings (SSSR count). The highest BCUT2D eigenvalue weighted by molar-refractivity contribution is 5.98. The maximum Gasteiger partial charge on any atom is 0.415 e. The molecule has 78 heavy (non-hydrogen) atoms. The molecule has 2 aromatic heterocycles. The molecule has 23 heteroatoms. The molecule has 3 atom stereocenters. The number of anilines is 1. The van der Waals surface area contributed by atoms with E-state index >= 15 is 0 Å². The van der Waals surface area contributed by atoms with Crippen LogP contribution in [-0.4, -0.2) is 139 Å². The number of carbonyl (C=O) groups excluding carboxylic acids is 7. The molecule has 0 aliphatic carbocycles. The smallest absolute Gasteiger partial charge is 0.415 e. The second-order valence-corrected chi connectivity index (χ2v) is 20.1. The Kier molecular flexibility index (Phi) is 20.7. The minimum absolute atomic E-state index is 0.0288. The largest absolute Gasteiger partial charge is 0.458 e. The van der Waals surface area contributed by atoms with Gasteiger partial charge in [-0.1, -0.05) is 53.7 Å². The maximum absolute atomic E-state index is 13.7. The molecule has 0 spiro atoms. The molecule has 23 nitrogen and oxygen atoms in total. The number of nitrogens with two attached hydrogens (primary N) is 1. The Bertz CT molecular complexity index is 2910. The van der Waals surface area contributed by atoms with Gasteiger partial charge in [-0.2, -0.15) is 0 Å². The number of hydrogen-bond acceptors (Lipinski definition) is 15. The predicted octanol–water partition coefficient (Wildman–Crippen LogP) is 4.43. The number of aromatic nitrogens is 2. The monoisotopic (exact) mass is 1080 g/mol. The molecule has 7 N–H and O–H groups in total. The van der Waals surface area contributed by atoms with Gasteiger partial charge in [-0.25, -0.2) is 24.2 Å². The van der Waals surface area contributed by atoms with Crippen LogP contribution >= 0.6 is 0 Å². The number of cyclic esters (lactones) is 1. The molecule has 7 amide bonds.